The Hall–Kier alpha value is -2.76. The molecule has 0 saturated heterocycles. The van der Waals surface area contributed by atoms with Crippen LogP contribution in [0, 0.1) is 17.7 Å². The molecule has 0 radical (unpaired) electrons. The van der Waals surface area contributed by atoms with Crippen LogP contribution in [0.4, 0.5) is 4.39 Å². The fraction of sp³-hybridized carbons (Fsp3) is 0.222. The summed E-state index contributed by atoms with van der Waals surface area (Å²) in [7, 11) is -0.872. The second kappa shape index (κ2) is 9.08. The van der Waals surface area contributed by atoms with Crippen molar-refractivity contribution in [3.8, 4) is 29.1 Å². The number of methoxy groups -OCH3 is 2. The first-order valence-corrected chi connectivity index (χ1v) is 9.01. The van der Waals surface area contributed by atoms with Crippen LogP contribution >= 0.6 is 0 Å². The lowest BCUT2D eigenvalue weighted by atomic mass is 10.3. The van der Waals surface area contributed by atoms with Gasteiger partial charge in [-0.1, -0.05) is 24.0 Å². The minimum atomic E-state index is -3.75. The first kappa shape index (κ1) is 19.6. The summed E-state index contributed by atoms with van der Waals surface area (Å²) < 4.78 is 55.5. The number of hydrogen-bond donors (Lipinski definition) is 1. The van der Waals surface area contributed by atoms with Crippen molar-refractivity contribution in [2.24, 2.45) is 0 Å². The van der Waals surface area contributed by atoms with Gasteiger partial charge in [0, 0.05) is 6.07 Å². The van der Waals surface area contributed by atoms with Gasteiger partial charge in [-0.05, 0) is 24.3 Å². The number of nitrogens with one attached hydrogen (secondary N) is 1. The highest BCUT2D eigenvalue weighted by Crippen LogP contribution is 2.29. The van der Waals surface area contributed by atoms with E-state index in [1.54, 1.807) is 12.1 Å². The fourth-order valence-electron chi connectivity index (χ4n) is 1.99. The van der Waals surface area contributed by atoms with E-state index in [-0.39, 0.29) is 23.8 Å². The van der Waals surface area contributed by atoms with Crippen LogP contribution in [0.1, 0.15) is 0 Å². The monoisotopic (exact) mass is 379 g/mol. The minimum Gasteiger partial charge on any atom is -0.493 e. The summed E-state index contributed by atoms with van der Waals surface area (Å²) in [4.78, 5) is 0.0274. The topological polar surface area (TPSA) is 73.9 Å². The van der Waals surface area contributed by atoms with Crippen molar-refractivity contribution in [1.29, 1.82) is 0 Å². The van der Waals surface area contributed by atoms with E-state index in [0.29, 0.717) is 11.5 Å². The predicted molar refractivity (Wildman–Crippen MR) is 94.4 cm³/mol. The largest absolute Gasteiger partial charge is 0.493 e. The Kier molecular flexibility index (Phi) is 6.83. The lowest BCUT2D eigenvalue weighted by molar-refractivity contribution is 0.348. The van der Waals surface area contributed by atoms with Crippen molar-refractivity contribution < 1.29 is 27.0 Å². The zero-order valence-electron chi connectivity index (χ0n) is 14.3. The lowest BCUT2D eigenvalue weighted by Gasteiger charge is -2.10. The molecule has 0 bridgehead atoms. The first-order chi connectivity index (χ1) is 12.5. The Labute approximate surface area is 151 Å². The van der Waals surface area contributed by atoms with E-state index in [1.807, 2.05) is 0 Å². The molecule has 0 aliphatic heterocycles. The Morgan fingerprint density at radius 2 is 1.73 bits per heavy atom. The van der Waals surface area contributed by atoms with Crippen LogP contribution in [-0.2, 0) is 10.0 Å². The molecule has 0 amide bonds. The van der Waals surface area contributed by atoms with Gasteiger partial charge in [0.25, 0.3) is 0 Å². The van der Waals surface area contributed by atoms with E-state index in [2.05, 4.69) is 16.6 Å². The zero-order chi connectivity index (χ0) is 19.0. The van der Waals surface area contributed by atoms with Crippen molar-refractivity contribution in [2.45, 2.75) is 4.90 Å². The van der Waals surface area contributed by atoms with Crippen LogP contribution in [-0.4, -0.2) is 35.8 Å². The molecule has 0 aliphatic rings. The lowest BCUT2D eigenvalue weighted by Crippen LogP contribution is -2.24. The Morgan fingerprint density at radius 3 is 2.42 bits per heavy atom. The van der Waals surface area contributed by atoms with Gasteiger partial charge in [0.2, 0.25) is 10.0 Å². The molecule has 26 heavy (non-hydrogen) atoms. The second-order valence-electron chi connectivity index (χ2n) is 4.91. The molecule has 2 aromatic rings. The van der Waals surface area contributed by atoms with E-state index in [0.717, 1.165) is 0 Å². The summed E-state index contributed by atoms with van der Waals surface area (Å²) in [6, 6.07) is 10.2. The predicted octanol–water partition coefficient (Wildman–Crippen LogP) is 2.20. The molecule has 1 N–H and O–H groups in total. The van der Waals surface area contributed by atoms with Gasteiger partial charge in [-0.3, -0.25) is 0 Å². The quantitative estimate of drug-likeness (QED) is 0.747. The molecule has 0 heterocycles. The first-order valence-electron chi connectivity index (χ1n) is 7.52. The summed E-state index contributed by atoms with van der Waals surface area (Å²) in [6.45, 7) is -0.170. The highest BCUT2D eigenvalue weighted by atomic mass is 32.2. The summed E-state index contributed by atoms with van der Waals surface area (Å²) in [5.74, 6) is 5.56. The van der Waals surface area contributed by atoms with Gasteiger partial charge in [0.05, 0.1) is 25.7 Å². The maximum Gasteiger partial charge on any atom is 0.241 e. The van der Waals surface area contributed by atoms with Crippen LogP contribution in [0.25, 0.3) is 0 Å². The fourth-order valence-corrected chi connectivity index (χ4v) is 2.93. The molecule has 0 fully saturated rings. The number of sulfonamides is 1. The average molecular weight is 379 g/mol. The van der Waals surface area contributed by atoms with Gasteiger partial charge < -0.3 is 14.2 Å². The maximum atomic E-state index is 13.3. The highest BCUT2D eigenvalue weighted by molar-refractivity contribution is 7.89. The molecule has 0 spiro atoms. The van der Waals surface area contributed by atoms with Crippen LogP contribution < -0.4 is 18.9 Å². The van der Waals surface area contributed by atoms with Crippen molar-refractivity contribution in [1.82, 2.24) is 4.72 Å². The van der Waals surface area contributed by atoms with Crippen LogP contribution in [0.2, 0.25) is 0 Å². The molecule has 0 saturated carbocycles. The Bertz CT molecular complexity index is 919. The minimum absolute atomic E-state index is 0.0274. The van der Waals surface area contributed by atoms with Gasteiger partial charge in [-0.2, -0.15) is 4.72 Å². The molecular weight excluding hydrogens is 361 g/mol. The SMILES string of the molecule is COc1ccc(S(=O)(=O)NCC#CCOc2ccccc2F)cc1OC. The molecule has 6 nitrogen and oxygen atoms in total. The summed E-state index contributed by atoms with van der Waals surface area (Å²) in [5.41, 5.74) is 0. The number of hydrogen-bond acceptors (Lipinski definition) is 5. The molecule has 0 atom stereocenters. The molecule has 8 heteroatoms. The van der Waals surface area contributed by atoms with Crippen molar-refractivity contribution >= 4 is 10.0 Å². The van der Waals surface area contributed by atoms with Crippen LogP contribution in [0.5, 0.6) is 17.2 Å². The van der Waals surface area contributed by atoms with Gasteiger partial charge in [-0.25, -0.2) is 12.8 Å². The molecule has 138 valence electrons. The van der Waals surface area contributed by atoms with E-state index in [4.69, 9.17) is 14.2 Å². The maximum absolute atomic E-state index is 13.3. The van der Waals surface area contributed by atoms with Gasteiger partial charge >= 0.3 is 0 Å². The second-order valence-corrected chi connectivity index (χ2v) is 6.68. The van der Waals surface area contributed by atoms with Gasteiger partial charge in [0.15, 0.2) is 23.1 Å². The third-order valence-corrected chi connectivity index (χ3v) is 4.68. The van der Waals surface area contributed by atoms with Gasteiger partial charge in [-0.15, -0.1) is 0 Å². The Morgan fingerprint density at radius 1 is 1.00 bits per heavy atom. The summed E-state index contributed by atoms with van der Waals surface area (Å²) in [6.07, 6.45) is 0. The number of rotatable bonds is 7. The summed E-state index contributed by atoms with van der Waals surface area (Å²) >= 11 is 0. The molecule has 2 rings (SSSR count). The number of para-hydroxylation sites is 1. The molecule has 0 aliphatic carbocycles. The standard InChI is InChI=1S/C18H18FNO5S/c1-23-17-10-9-14(13-18(17)24-2)26(21,22)20-11-5-6-12-25-16-8-4-3-7-15(16)19/h3-4,7-10,13,20H,11-12H2,1-2H3. The normalized spacial score (nSPS) is 10.6. The van der Waals surface area contributed by atoms with Crippen LogP contribution in [0.15, 0.2) is 47.4 Å². The van der Waals surface area contributed by atoms with Crippen molar-refractivity contribution in [3.05, 3.63) is 48.3 Å². The number of benzene rings is 2. The van der Waals surface area contributed by atoms with Gasteiger partial charge in [0.1, 0.15) is 6.61 Å². The molecule has 0 unspecified atom stereocenters. The van der Waals surface area contributed by atoms with Crippen molar-refractivity contribution in [2.75, 3.05) is 27.4 Å². The van der Waals surface area contributed by atoms with E-state index in [9.17, 15) is 12.8 Å². The summed E-state index contributed by atoms with van der Waals surface area (Å²) in [5, 5.41) is 0. The third kappa shape index (κ3) is 5.12. The number of halogens is 1. The highest BCUT2D eigenvalue weighted by Gasteiger charge is 2.16. The Balaban J connectivity index is 1.92. The van der Waals surface area contributed by atoms with E-state index in [1.165, 1.54) is 44.6 Å². The molecule has 0 aromatic heterocycles. The molecular formula is C18H18FNO5S. The van der Waals surface area contributed by atoms with Crippen molar-refractivity contribution in [3.63, 3.8) is 0 Å². The third-order valence-electron chi connectivity index (χ3n) is 3.28. The molecule has 2 aromatic carbocycles. The van der Waals surface area contributed by atoms with Crippen LogP contribution in [0.3, 0.4) is 0 Å². The zero-order valence-corrected chi connectivity index (χ0v) is 15.1. The average Bonchev–Trinajstić information content (AvgIpc) is 2.65. The van der Waals surface area contributed by atoms with E-state index < -0.39 is 15.8 Å². The smallest absolute Gasteiger partial charge is 0.241 e. The van der Waals surface area contributed by atoms with E-state index >= 15 is 0 Å². The number of ether oxygens (including phenoxy) is 3.